The molecular formula is C42H78N2O5. The fourth-order valence-corrected chi connectivity index (χ4v) is 6.10. The molecule has 0 aliphatic carbocycles. The van der Waals surface area contributed by atoms with Gasteiger partial charge in [-0.25, -0.2) is 4.79 Å². The lowest BCUT2D eigenvalue weighted by Crippen LogP contribution is -2.40. The molecular weight excluding hydrogens is 612 g/mol. The van der Waals surface area contributed by atoms with Crippen LogP contribution in [0.2, 0.25) is 0 Å². The van der Waals surface area contributed by atoms with Crippen molar-refractivity contribution in [1.82, 2.24) is 5.32 Å². The van der Waals surface area contributed by atoms with E-state index in [2.05, 4.69) is 43.5 Å². The molecule has 0 aliphatic rings. The van der Waals surface area contributed by atoms with Gasteiger partial charge in [-0.15, -0.1) is 0 Å². The maximum absolute atomic E-state index is 12.7. The molecule has 0 rings (SSSR count). The number of unbranched alkanes of at least 4 members (excludes halogenated alkanes) is 19. The molecule has 0 bridgehead atoms. The number of allylic oxidation sites excluding steroid dienone is 4. The van der Waals surface area contributed by atoms with Gasteiger partial charge in [-0.05, 0) is 96.4 Å². The van der Waals surface area contributed by atoms with Gasteiger partial charge in [0.05, 0.1) is 0 Å². The summed E-state index contributed by atoms with van der Waals surface area (Å²) < 4.78 is 6.00. The van der Waals surface area contributed by atoms with Gasteiger partial charge < -0.3 is 20.9 Å². The second-order valence-electron chi connectivity index (χ2n) is 14.0. The fraction of sp³-hybridized carbons (Fsp3) is 0.833. The summed E-state index contributed by atoms with van der Waals surface area (Å²) in [6.07, 6.45) is 40.8. The summed E-state index contributed by atoms with van der Waals surface area (Å²) in [6.45, 7) is 4.88. The summed E-state index contributed by atoms with van der Waals surface area (Å²) in [5, 5.41) is 11.9. The van der Waals surface area contributed by atoms with E-state index in [1.54, 1.807) is 0 Å². The maximum atomic E-state index is 12.7. The SMILES string of the molecule is CCC/C=C\CCCCCCCC(=O)OC(CCC/C=C\CCCCCCCCCC)CCCCCCCC(=O)NC(CCCN)C(=O)O. The Labute approximate surface area is 302 Å². The minimum atomic E-state index is -1.01. The number of nitrogens with one attached hydrogen (secondary N) is 1. The van der Waals surface area contributed by atoms with Gasteiger partial charge in [0.1, 0.15) is 12.1 Å². The van der Waals surface area contributed by atoms with E-state index in [1.165, 1.54) is 89.9 Å². The molecule has 2 atom stereocenters. The number of ether oxygens (including phenoxy) is 1. The number of carbonyl (C=O) groups is 3. The van der Waals surface area contributed by atoms with Crippen LogP contribution in [-0.4, -0.2) is 41.6 Å². The van der Waals surface area contributed by atoms with E-state index >= 15 is 0 Å². The highest BCUT2D eigenvalue weighted by Crippen LogP contribution is 2.18. The normalized spacial score (nSPS) is 12.9. The topological polar surface area (TPSA) is 119 Å². The minimum absolute atomic E-state index is 0.0178. The van der Waals surface area contributed by atoms with Gasteiger partial charge in [0.2, 0.25) is 5.91 Å². The number of hydrogen-bond acceptors (Lipinski definition) is 5. The molecule has 7 heteroatoms. The second kappa shape index (κ2) is 37.1. The number of esters is 1. The largest absolute Gasteiger partial charge is 0.480 e. The monoisotopic (exact) mass is 691 g/mol. The first-order valence-electron chi connectivity index (χ1n) is 20.7. The third-order valence-electron chi connectivity index (χ3n) is 9.22. The molecule has 0 aliphatic heterocycles. The Morgan fingerprint density at radius 1 is 0.571 bits per heavy atom. The summed E-state index contributed by atoms with van der Waals surface area (Å²) >= 11 is 0. The van der Waals surface area contributed by atoms with Crippen molar-refractivity contribution >= 4 is 17.8 Å². The summed E-state index contributed by atoms with van der Waals surface area (Å²) in [5.41, 5.74) is 5.48. The second-order valence-corrected chi connectivity index (χ2v) is 14.0. The Hall–Kier alpha value is -2.15. The van der Waals surface area contributed by atoms with Crippen molar-refractivity contribution in [2.24, 2.45) is 5.73 Å². The highest BCUT2D eigenvalue weighted by Gasteiger charge is 2.19. The van der Waals surface area contributed by atoms with Crippen molar-refractivity contribution in [2.45, 2.75) is 219 Å². The maximum Gasteiger partial charge on any atom is 0.326 e. The van der Waals surface area contributed by atoms with Crippen molar-refractivity contribution in [3.8, 4) is 0 Å². The van der Waals surface area contributed by atoms with Gasteiger partial charge >= 0.3 is 11.9 Å². The number of carbonyl (C=O) groups excluding carboxylic acids is 2. The molecule has 0 heterocycles. The van der Waals surface area contributed by atoms with Gasteiger partial charge in [-0.3, -0.25) is 9.59 Å². The van der Waals surface area contributed by atoms with Crippen LogP contribution < -0.4 is 11.1 Å². The van der Waals surface area contributed by atoms with Gasteiger partial charge in [-0.2, -0.15) is 0 Å². The lowest BCUT2D eigenvalue weighted by Gasteiger charge is -2.18. The smallest absolute Gasteiger partial charge is 0.326 e. The number of carboxylic acids is 1. The molecule has 286 valence electrons. The van der Waals surface area contributed by atoms with Crippen LogP contribution in [0.25, 0.3) is 0 Å². The van der Waals surface area contributed by atoms with E-state index in [1.807, 2.05) is 0 Å². The Morgan fingerprint density at radius 3 is 1.63 bits per heavy atom. The molecule has 0 aromatic rings. The quantitative estimate of drug-likeness (QED) is 0.0339. The third-order valence-corrected chi connectivity index (χ3v) is 9.22. The van der Waals surface area contributed by atoms with Crippen LogP contribution in [0.5, 0.6) is 0 Å². The Balaban J connectivity index is 4.37. The zero-order valence-electron chi connectivity index (χ0n) is 32.0. The van der Waals surface area contributed by atoms with Crippen LogP contribution in [0.3, 0.4) is 0 Å². The van der Waals surface area contributed by atoms with Crippen molar-refractivity contribution in [3.63, 3.8) is 0 Å². The molecule has 2 unspecified atom stereocenters. The van der Waals surface area contributed by atoms with Gasteiger partial charge in [-0.1, -0.05) is 128 Å². The van der Waals surface area contributed by atoms with Gasteiger partial charge in [0, 0.05) is 12.8 Å². The fourth-order valence-electron chi connectivity index (χ4n) is 6.10. The first-order chi connectivity index (χ1) is 23.9. The summed E-state index contributed by atoms with van der Waals surface area (Å²) in [7, 11) is 0. The predicted octanol–water partition coefficient (Wildman–Crippen LogP) is 11.3. The standard InChI is InChI=1S/C42H78N2O5/c1-3-5-7-9-11-13-15-16-17-18-20-23-27-32-38(49-41(46)36-30-26-21-19-14-12-10-8-6-4-2)33-28-24-22-25-29-35-40(45)44-39(42(47)48)34-31-37-43/h8,10,18,20,38-39H,3-7,9,11-17,19,21-37,43H2,1-2H3,(H,44,45)(H,47,48)/b10-8-,20-18-. The van der Waals surface area contributed by atoms with Crippen molar-refractivity contribution in [3.05, 3.63) is 24.3 Å². The molecule has 0 aromatic heterocycles. The van der Waals surface area contributed by atoms with Crippen LogP contribution in [0.4, 0.5) is 0 Å². The predicted molar refractivity (Wildman–Crippen MR) is 207 cm³/mol. The molecule has 0 saturated heterocycles. The van der Waals surface area contributed by atoms with Crippen molar-refractivity contribution < 1.29 is 24.2 Å². The zero-order valence-corrected chi connectivity index (χ0v) is 32.0. The lowest BCUT2D eigenvalue weighted by molar-refractivity contribution is -0.150. The molecule has 0 radical (unpaired) electrons. The molecule has 0 fully saturated rings. The molecule has 0 saturated carbocycles. The first kappa shape index (κ1) is 46.9. The van der Waals surface area contributed by atoms with Crippen molar-refractivity contribution in [1.29, 1.82) is 0 Å². The Bertz CT molecular complexity index is 828. The van der Waals surface area contributed by atoms with Gasteiger partial charge in [0.15, 0.2) is 0 Å². The number of nitrogens with two attached hydrogens (primary N) is 1. The zero-order chi connectivity index (χ0) is 36.0. The van der Waals surface area contributed by atoms with Crippen LogP contribution in [0.15, 0.2) is 24.3 Å². The summed E-state index contributed by atoms with van der Waals surface area (Å²) in [5.74, 6) is -1.26. The number of amides is 1. The molecule has 7 nitrogen and oxygen atoms in total. The highest BCUT2D eigenvalue weighted by molar-refractivity contribution is 5.83. The van der Waals surface area contributed by atoms with Crippen molar-refractivity contribution in [2.75, 3.05) is 6.54 Å². The van der Waals surface area contributed by atoms with E-state index in [4.69, 9.17) is 10.5 Å². The third kappa shape index (κ3) is 34.1. The van der Waals surface area contributed by atoms with E-state index in [-0.39, 0.29) is 18.0 Å². The number of aliphatic carboxylic acids is 1. The molecule has 4 N–H and O–H groups in total. The first-order valence-corrected chi connectivity index (χ1v) is 20.7. The molecule has 0 aromatic carbocycles. The van der Waals surface area contributed by atoms with E-state index in [0.717, 1.165) is 77.0 Å². The van der Waals surface area contributed by atoms with Crippen LogP contribution in [0.1, 0.15) is 206 Å². The lowest BCUT2D eigenvalue weighted by atomic mass is 10.0. The molecule has 0 spiro atoms. The van der Waals surface area contributed by atoms with E-state index < -0.39 is 12.0 Å². The highest BCUT2D eigenvalue weighted by atomic mass is 16.5. The Morgan fingerprint density at radius 2 is 1.06 bits per heavy atom. The summed E-state index contributed by atoms with van der Waals surface area (Å²) in [4.78, 5) is 36.2. The van der Waals surface area contributed by atoms with Crippen LogP contribution in [-0.2, 0) is 19.1 Å². The average molecular weight is 691 g/mol. The Kier molecular flexibility index (Phi) is 35.5. The number of carboxylic acid groups (broad SMARTS) is 1. The van der Waals surface area contributed by atoms with Crippen LogP contribution in [0, 0.1) is 0 Å². The van der Waals surface area contributed by atoms with E-state index in [9.17, 15) is 19.5 Å². The molecule has 49 heavy (non-hydrogen) atoms. The average Bonchev–Trinajstić information content (AvgIpc) is 3.08. The minimum Gasteiger partial charge on any atom is -0.480 e. The van der Waals surface area contributed by atoms with Crippen LogP contribution >= 0.6 is 0 Å². The van der Waals surface area contributed by atoms with Gasteiger partial charge in [0.25, 0.3) is 0 Å². The summed E-state index contributed by atoms with van der Waals surface area (Å²) in [6, 6.07) is -0.858. The number of hydrogen-bond donors (Lipinski definition) is 3. The molecule has 1 amide bonds. The van der Waals surface area contributed by atoms with E-state index in [0.29, 0.717) is 32.2 Å². The number of rotatable bonds is 37.